The van der Waals surface area contributed by atoms with Crippen LogP contribution in [0.15, 0.2) is 24.5 Å². The number of hydrogen-bond donors (Lipinski definition) is 1. The molecule has 5 rings (SSSR count). The van der Waals surface area contributed by atoms with Crippen LogP contribution >= 0.6 is 0 Å². The topological polar surface area (TPSA) is 125 Å². The Morgan fingerprint density at radius 1 is 1.13 bits per heavy atom. The zero-order valence-corrected chi connectivity index (χ0v) is 21.8. The summed E-state index contributed by atoms with van der Waals surface area (Å²) in [6.45, 7) is 6.67. The number of hydrazine groups is 1. The molecule has 1 aromatic heterocycles. The van der Waals surface area contributed by atoms with Gasteiger partial charge in [-0.05, 0) is 20.8 Å². The molecule has 2 atom stereocenters. The summed E-state index contributed by atoms with van der Waals surface area (Å²) in [4.78, 5) is 40.1. The summed E-state index contributed by atoms with van der Waals surface area (Å²) >= 11 is 0. The molecule has 3 aliphatic rings. The van der Waals surface area contributed by atoms with Gasteiger partial charge in [0.2, 0.25) is 0 Å². The highest BCUT2D eigenvalue weighted by atomic mass is 19.1. The van der Waals surface area contributed by atoms with Gasteiger partial charge in [0.05, 0.1) is 31.5 Å². The Hall–Kier alpha value is -4.01. The molecule has 1 aromatic carbocycles. The van der Waals surface area contributed by atoms with Gasteiger partial charge in [-0.25, -0.2) is 28.1 Å². The van der Waals surface area contributed by atoms with Gasteiger partial charge in [-0.2, -0.15) is 0 Å². The van der Waals surface area contributed by atoms with Crippen LogP contribution in [0.1, 0.15) is 20.8 Å². The lowest BCUT2D eigenvalue weighted by Crippen LogP contribution is -2.45. The fourth-order valence-corrected chi connectivity index (χ4v) is 4.89. The molecule has 210 valence electrons. The first-order valence-electron chi connectivity index (χ1n) is 12.6. The molecular formula is C24H30F2N8O5. The molecule has 3 aliphatic heterocycles. The molecule has 0 aliphatic carbocycles. The summed E-state index contributed by atoms with van der Waals surface area (Å²) < 4.78 is 42.6. The number of nitrogens with zero attached hydrogens (tertiary/aromatic N) is 7. The minimum Gasteiger partial charge on any atom is -0.444 e. The molecule has 0 bridgehead atoms. The van der Waals surface area contributed by atoms with E-state index in [1.54, 1.807) is 32.0 Å². The predicted octanol–water partition coefficient (Wildman–Crippen LogP) is 1.35. The highest BCUT2D eigenvalue weighted by Crippen LogP contribution is 2.32. The van der Waals surface area contributed by atoms with E-state index in [9.17, 15) is 14.4 Å². The Labute approximate surface area is 223 Å². The van der Waals surface area contributed by atoms with E-state index in [2.05, 4.69) is 15.6 Å². The van der Waals surface area contributed by atoms with Crippen molar-refractivity contribution in [3.63, 3.8) is 0 Å². The summed E-state index contributed by atoms with van der Waals surface area (Å²) in [6, 6.07) is 1.44. The number of amides is 3. The molecule has 13 nitrogen and oxygen atoms in total. The molecule has 3 saturated heterocycles. The molecule has 15 heteroatoms. The summed E-state index contributed by atoms with van der Waals surface area (Å²) in [5.74, 6) is -1.97. The number of benzene rings is 1. The number of alkyl carbamates (subject to hydrolysis) is 1. The first-order valence-corrected chi connectivity index (χ1v) is 12.6. The fourth-order valence-electron chi connectivity index (χ4n) is 4.89. The average Bonchev–Trinajstić information content (AvgIpc) is 3.50. The Balaban J connectivity index is 1.23. The summed E-state index contributed by atoms with van der Waals surface area (Å²) in [6.07, 6.45) is 1.18. The maximum atomic E-state index is 15.3. The summed E-state index contributed by atoms with van der Waals surface area (Å²) in [7, 11) is 0. The van der Waals surface area contributed by atoms with E-state index in [1.807, 2.05) is 0 Å². The van der Waals surface area contributed by atoms with Gasteiger partial charge >= 0.3 is 12.2 Å². The Bertz CT molecular complexity index is 1230. The normalized spacial score (nSPS) is 22.1. The van der Waals surface area contributed by atoms with Crippen LogP contribution in [0.3, 0.4) is 0 Å². The zero-order valence-electron chi connectivity index (χ0n) is 21.8. The van der Waals surface area contributed by atoms with Gasteiger partial charge in [-0.15, -0.1) is 5.10 Å². The molecule has 3 fully saturated rings. The fraction of sp³-hybridized carbons (Fsp3) is 0.542. The van der Waals surface area contributed by atoms with Crippen LogP contribution in [0.25, 0.3) is 0 Å². The Kier molecular flexibility index (Phi) is 7.01. The lowest BCUT2D eigenvalue weighted by atomic mass is 10.2. The van der Waals surface area contributed by atoms with Crippen molar-refractivity contribution < 1.29 is 32.6 Å². The van der Waals surface area contributed by atoms with E-state index >= 15 is 8.78 Å². The first kappa shape index (κ1) is 26.6. The van der Waals surface area contributed by atoms with Crippen molar-refractivity contribution in [2.75, 3.05) is 49.1 Å². The summed E-state index contributed by atoms with van der Waals surface area (Å²) in [5.41, 5.74) is -0.885. The number of hydrogen-bond acceptors (Lipinski definition) is 9. The van der Waals surface area contributed by atoms with E-state index in [-0.39, 0.29) is 56.6 Å². The van der Waals surface area contributed by atoms with E-state index in [4.69, 9.17) is 9.47 Å². The van der Waals surface area contributed by atoms with E-state index in [0.717, 1.165) is 12.1 Å². The van der Waals surface area contributed by atoms with Gasteiger partial charge in [0.15, 0.2) is 11.6 Å². The lowest BCUT2D eigenvalue weighted by Gasteiger charge is -2.25. The van der Waals surface area contributed by atoms with Crippen molar-refractivity contribution in [1.29, 1.82) is 0 Å². The number of fused-ring (bicyclic) bond motifs is 1. The minimum atomic E-state index is -0.828. The van der Waals surface area contributed by atoms with Crippen LogP contribution in [0.5, 0.6) is 0 Å². The number of aromatic nitrogens is 3. The quantitative estimate of drug-likeness (QED) is 0.590. The number of carbonyl (C=O) groups excluding carboxylic acids is 3. The number of nitrogens with one attached hydrogen (secondary N) is 1. The Morgan fingerprint density at radius 3 is 2.51 bits per heavy atom. The third-order valence-corrected chi connectivity index (χ3v) is 6.55. The van der Waals surface area contributed by atoms with E-state index in [0.29, 0.717) is 6.54 Å². The van der Waals surface area contributed by atoms with Gasteiger partial charge in [0.25, 0.3) is 5.91 Å². The van der Waals surface area contributed by atoms with Crippen molar-refractivity contribution in [2.24, 2.45) is 0 Å². The maximum absolute atomic E-state index is 15.3. The molecule has 39 heavy (non-hydrogen) atoms. The molecule has 2 aromatic rings. The largest absolute Gasteiger partial charge is 0.444 e. The van der Waals surface area contributed by atoms with Gasteiger partial charge in [-0.1, -0.05) is 5.21 Å². The van der Waals surface area contributed by atoms with Gasteiger partial charge in [-0.3, -0.25) is 14.7 Å². The van der Waals surface area contributed by atoms with Gasteiger partial charge in [0, 0.05) is 44.5 Å². The van der Waals surface area contributed by atoms with Crippen LogP contribution in [0.2, 0.25) is 0 Å². The second-order valence-electron chi connectivity index (χ2n) is 10.6. The molecule has 0 saturated carbocycles. The predicted molar refractivity (Wildman–Crippen MR) is 133 cm³/mol. The van der Waals surface area contributed by atoms with Crippen molar-refractivity contribution in [1.82, 2.24) is 30.3 Å². The van der Waals surface area contributed by atoms with Crippen LogP contribution in [0, 0.1) is 11.6 Å². The molecule has 0 spiro atoms. The highest BCUT2D eigenvalue weighted by Gasteiger charge is 2.41. The average molecular weight is 549 g/mol. The second-order valence-corrected chi connectivity index (χ2v) is 10.6. The number of ether oxygens (including phenoxy) is 2. The third kappa shape index (κ3) is 5.72. The number of cyclic esters (lactones) is 1. The Morgan fingerprint density at radius 2 is 1.85 bits per heavy atom. The zero-order chi connectivity index (χ0) is 27.9. The molecule has 3 amide bonds. The van der Waals surface area contributed by atoms with Crippen LogP contribution < -0.4 is 15.1 Å². The summed E-state index contributed by atoms with van der Waals surface area (Å²) in [5, 5.41) is 13.4. The molecule has 0 unspecified atom stereocenters. The van der Waals surface area contributed by atoms with Crippen molar-refractivity contribution in [3.05, 3.63) is 36.2 Å². The highest BCUT2D eigenvalue weighted by molar-refractivity contribution is 5.90. The van der Waals surface area contributed by atoms with Gasteiger partial charge < -0.3 is 19.7 Å². The van der Waals surface area contributed by atoms with Crippen molar-refractivity contribution in [3.8, 4) is 0 Å². The molecule has 4 heterocycles. The lowest BCUT2D eigenvalue weighted by molar-refractivity contribution is -0.138. The monoisotopic (exact) mass is 548 g/mol. The molecule has 1 N–H and O–H groups in total. The van der Waals surface area contributed by atoms with Gasteiger partial charge in [0.1, 0.15) is 23.4 Å². The number of carbonyl (C=O) groups is 3. The number of halogens is 2. The van der Waals surface area contributed by atoms with Crippen LogP contribution in [0.4, 0.5) is 29.7 Å². The number of rotatable bonds is 5. The second kappa shape index (κ2) is 10.3. The molecular weight excluding hydrogens is 518 g/mol. The van der Waals surface area contributed by atoms with E-state index < -0.39 is 41.6 Å². The SMILES string of the molecule is CC(C)(C)OC(=O)N[C@H]1CN2CCN(c3c(F)cc(N4C[C@H](Cn5ccnn5)OC4=O)cc3F)CCN2C1=O. The number of anilines is 2. The standard InChI is InChI=1S/C24H30F2N8O5/c1-24(2,3)39-22(36)28-19-14-32-8-6-30(7-9-34(32)21(19)35)20-17(25)10-15(11-18(20)26)33-13-16(38-23(33)37)12-31-5-4-27-29-31/h4-5,10-11,16,19H,6-9,12-14H2,1-3H3,(H,28,36)/t16-,19-/m0/s1. The van der Waals surface area contributed by atoms with Crippen molar-refractivity contribution in [2.45, 2.75) is 45.1 Å². The smallest absolute Gasteiger partial charge is 0.414 e. The van der Waals surface area contributed by atoms with E-state index in [1.165, 1.54) is 25.7 Å². The van der Waals surface area contributed by atoms with Crippen LogP contribution in [-0.2, 0) is 20.8 Å². The van der Waals surface area contributed by atoms with Crippen LogP contribution in [-0.4, -0.2) is 100 Å². The first-order chi connectivity index (χ1) is 18.5. The maximum Gasteiger partial charge on any atom is 0.414 e. The molecule has 0 radical (unpaired) electrons. The third-order valence-electron chi connectivity index (χ3n) is 6.55. The minimum absolute atomic E-state index is 0.0465. The van der Waals surface area contributed by atoms with Crippen molar-refractivity contribution >= 4 is 29.5 Å².